The number of nitrogens with zero attached hydrogens (tertiary/aromatic N) is 4. The van der Waals surface area contributed by atoms with Crippen molar-refractivity contribution in [2.24, 2.45) is 0 Å². The molecule has 0 N–H and O–H groups in total. The monoisotopic (exact) mass is 686 g/mol. The molecule has 0 aliphatic carbocycles. The Balaban J connectivity index is 1.25. The molecule has 0 atom stereocenters. The SMILES string of the molecule is c1ccc(-c2nc(-c3ccccc3)nc(-c3cc(-n4c5ccccc5c5c6sc7ccccc7c6ccc54)c4c(c3)sc3ccccc34)n2)cc1. The molecule has 4 heterocycles. The summed E-state index contributed by atoms with van der Waals surface area (Å²) in [5.74, 6) is 1.96. The van der Waals surface area contributed by atoms with Crippen molar-refractivity contribution in [3.63, 3.8) is 0 Å². The maximum Gasteiger partial charge on any atom is 0.164 e. The highest BCUT2D eigenvalue weighted by atomic mass is 32.1. The van der Waals surface area contributed by atoms with E-state index in [0.29, 0.717) is 17.5 Å². The van der Waals surface area contributed by atoms with E-state index in [9.17, 15) is 0 Å². The number of hydrogen-bond acceptors (Lipinski definition) is 5. The molecule has 0 aliphatic rings. The smallest absolute Gasteiger partial charge is 0.164 e. The summed E-state index contributed by atoms with van der Waals surface area (Å²) in [4.78, 5) is 15.3. The van der Waals surface area contributed by atoms with E-state index < -0.39 is 0 Å². The minimum absolute atomic E-state index is 0.649. The summed E-state index contributed by atoms with van der Waals surface area (Å²) >= 11 is 3.70. The van der Waals surface area contributed by atoms with Crippen LogP contribution in [0.2, 0.25) is 0 Å². The lowest BCUT2D eigenvalue weighted by atomic mass is 10.1. The molecule has 0 saturated carbocycles. The first kappa shape index (κ1) is 28.6. The summed E-state index contributed by atoms with van der Waals surface area (Å²) in [6.45, 7) is 0. The number of benzene rings is 7. The largest absolute Gasteiger partial charge is 0.308 e. The molecule has 0 radical (unpaired) electrons. The van der Waals surface area contributed by atoms with Crippen LogP contribution in [0.3, 0.4) is 0 Å². The van der Waals surface area contributed by atoms with Gasteiger partial charge in [-0.2, -0.15) is 0 Å². The van der Waals surface area contributed by atoms with Gasteiger partial charge in [0.05, 0.1) is 16.7 Å². The van der Waals surface area contributed by atoms with Crippen molar-refractivity contribution in [3.05, 3.63) is 158 Å². The average molecular weight is 687 g/mol. The Morgan fingerprint density at radius 1 is 0.373 bits per heavy atom. The minimum atomic E-state index is 0.649. The number of rotatable bonds is 4. The van der Waals surface area contributed by atoms with Gasteiger partial charge in [0, 0.05) is 67.8 Å². The summed E-state index contributed by atoms with van der Waals surface area (Å²) in [5, 5.41) is 7.64. The van der Waals surface area contributed by atoms with Gasteiger partial charge in [-0.3, -0.25) is 0 Å². The molecule has 7 aromatic carbocycles. The van der Waals surface area contributed by atoms with Crippen molar-refractivity contribution in [2.75, 3.05) is 0 Å². The normalized spacial score (nSPS) is 11.9. The molecular weight excluding hydrogens is 661 g/mol. The number of aromatic nitrogens is 4. The Morgan fingerprint density at radius 3 is 1.65 bits per heavy atom. The summed E-state index contributed by atoms with van der Waals surface area (Å²) in [5.41, 5.74) is 6.35. The van der Waals surface area contributed by atoms with Crippen LogP contribution in [0.25, 0.3) is 102 Å². The molecule has 0 bridgehead atoms. The topological polar surface area (TPSA) is 43.6 Å². The average Bonchev–Trinajstić information content (AvgIpc) is 3.87. The zero-order chi connectivity index (χ0) is 33.5. The van der Waals surface area contributed by atoms with Crippen LogP contribution in [0.1, 0.15) is 0 Å². The molecule has 0 aliphatic heterocycles. The molecule has 4 nitrogen and oxygen atoms in total. The van der Waals surface area contributed by atoms with Gasteiger partial charge in [-0.1, -0.05) is 121 Å². The Kier molecular flexibility index (Phi) is 6.26. The Bertz CT molecular complexity index is 3080. The molecule has 0 amide bonds. The fraction of sp³-hybridized carbons (Fsp3) is 0. The van der Waals surface area contributed by atoms with Crippen molar-refractivity contribution >= 4 is 84.8 Å². The molecule has 0 unspecified atom stereocenters. The van der Waals surface area contributed by atoms with E-state index in [0.717, 1.165) is 22.4 Å². The lowest BCUT2D eigenvalue weighted by Gasteiger charge is -2.14. The van der Waals surface area contributed by atoms with Crippen LogP contribution in [-0.2, 0) is 0 Å². The van der Waals surface area contributed by atoms with E-state index in [-0.39, 0.29) is 0 Å². The second kappa shape index (κ2) is 11.2. The molecule has 0 saturated heterocycles. The Labute approximate surface area is 300 Å². The third-order valence-corrected chi connectivity index (χ3v) is 12.2. The molecular formula is C45H26N4S2. The predicted molar refractivity (Wildman–Crippen MR) is 216 cm³/mol. The number of para-hydroxylation sites is 1. The van der Waals surface area contributed by atoms with Crippen LogP contribution in [0.15, 0.2) is 158 Å². The quantitative estimate of drug-likeness (QED) is 0.185. The van der Waals surface area contributed by atoms with Gasteiger partial charge in [-0.15, -0.1) is 22.7 Å². The van der Waals surface area contributed by atoms with E-state index >= 15 is 0 Å². The molecule has 51 heavy (non-hydrogen) atoms. The van der Waals surface area contributed by atoms with Gasteiger partial charge >= 0.3 is 0 Å². The van der Waals surface area contributed by atoms with Crippen LogP contribution in [0.5, 0.6) is 0 Å². The van der Waals surface area contributed by atoms with E-state index in [1.165, 1.54) is 62.2 Å². The highest BCUT2D eigenvalue weighted by Crippen LogP contribution is 2.46. The fourth-order valence-electron chi connectivity index (χ4n) is 7.57. The first-order valence-corrected chi connectivity index (χ1v) is 18.6. The lowest BCUT2D eigenvalue weighted by molar-refractivity contribution is 1.07. The van der Waals surface area contributed by atoms with Crippen molar-refractivity contribution in [1.29, 1.82) is 0 Å². The maximum atomic E-state index is 5.15. The first-order valence-electron chi connectivity index (χ1n) is 16.9. The zero-order valence-corrected chi connectivity index (χ0v) is 28.7. The third kappa shape index (κ3) is 4.40. The van der Waals surface area contributed by atoms with E-state index in [2.05, 4.69) is 126 Å². The van der Waals surface area contributed by atoms with Crippen molar-refractivity contribution in [1.82, 2.24) is 19.5 Å². The molecule has 11 rings (SSSR count). The maximum absolute atomic E-state index is 5.15. The van der Waals surface area contributed by atoms with Crippen LogP contribution in [0.4, 0.5) is 0 Å². The van der Waals surface area contributed by atoms with Gasteiger partial charge < -0.3 is 4.57 Å². The van der Waals surface area contributed by atoms with Crippen molar-refractivity contribution < 1.29 is 0 Å². The second-order valence-corrected chi connectivity index (χ2v) is 14.9. The van der Waals surface area contributed by atoms with E-state index in [1.807, 2.05) is 59.1 Å². The van der Waals surface area contributed by atoms with Gasteiger partial charge in [-0.25, -0.2) is 15.0 Å². The first-order chi connectivity index (χ1) is 25.3. The molecule has 4 aromatic heterocycles. The van der Waals surface area contributed by atoms with E-state index in [1.54, 1.807) is 0 Å². The van der Waals surface area contributed by atoms with Gasteiger partial charge in [-0.05, 0) is 36.4 Å². The fourth-order valence-corrected chi connectivity index (χ4v) is 10.00. The molecule has 238 valence electrons. The van der Waals surface area contributed by atoms with Gasteiger partial charge in [0.2, 0.25) is 0 Å². The van der Waals surface area contributed by atoms with Crippen LogP contribution >= 0.6 is 22.7 Å². The Hall–Kier alpha value is -6.21. The Morgan fingerprint density at radius 2 is 0.941 bits per heavy atom. The van der Waals surface area contributed by atoms with Crippen LogP contribution in [0, 0.1) is 0 Å². The number of fused-ring (bicyclic) bond motifs is 10. The zero-order valence-electron chi connectivity index (χ0n) is 27.1. The summed E-state index contributed by atoms with van der Waals surface area (Å²) in [6.07, 6.45) is 0. The van der Waals surface area contributed by atoms with Crippen LogP contribution in [-0.4, -0.2) is 19.5 Å². The third-order valence-electron chi connectivity index (χ3n) is 9.84. The highest BCUT2D eigenvalue weighted by Gasteiger charge is 2.22. The second-order valence-electron chi connectivity index (χ2n) is 12.8. The van der Waals surface area contributed by atoms with Crippen molar-refractivity contribution in [3.8, 4) is 39.9 Å². The molecule has 6 heteroatoms. The number of hydrogen-bond donors (Lipinski definition) is 0. The van der Waals surface area contributed by atoms with Gasteiger partial charge in [0.1, 0.15) is 0 Å². The molecule has 0 spiro atoms. The standard InChI is InChI=1S/C45H26N4S2/c1-3-13-27(14-4-1)43-46-44(28-15-5-2-6-16-28)48-45(47-43)29-25-36(40-33-19-9-12-22-38(33)50-39(40)26-29)49-34-20-10-7-18-32(34)41-35(49)24-23-31-30-17-8-11-21-37(30)51-42(31)41/h1-26H. The summed E-state index contributed by atoms with van der Waals surface area (Å²) < 4.78 is 7.55. The van der Waals surface area contributed by atoms with E-state index in [4.69, 9.17) is 15.0 Å². The lowest BCUT2D eigenvalue weighted by Crippen LogP contribution is -2.01. The predicted octanol–water partition coefficient (Wildman–Crippen LogP) is 12.7. The van der Waals surface area contributed by atoms with Crippen molar-refractivity contribution in [2.45, 2.75) is 0 Å². The minimum Gasteiger partial charge on any atom is -0.308 e. The molecule has 11 aromatic rings. The highest BCUT2D eigenvalue weighted by molar-refractivity contribution is 7.27. The van der Waals surface area contributed by atoms with Gasteiger partial charge in [0.25, 0.3) is 0 Å². The van der Waals surface area contributed by atoms with Crippen LogP contribution < -0.4 is 0 Å². The summed E-state index contributed by atoms with van der Waals surface area (Å²) in [7, 11) is 0. The molecule has 0 fully saturated rings. The summed E-state index contributed by atoms with van der Waals surface area (Å²) in [6, 6.07) is 55.9. The van der Waals surface area contributed by atoms with Gasteiger partial charge in [0.15, 0.2) is 17.5 Å². The number of thiophene rings is 2.